The monoisotopic (exact) mass is 312 g/mol. The summed E-state index contributed by atoms with van der Waals surface area (Å²) < 4.78 is 1.18. The van der Waals surface area contributed by atoms with Gasteiger partial charge in [0.2, 0.25) is 0 Å². The smallest absolute Gasteiger partial charge is 0.0178 e. The summed E-state index contributed by atoms with van der Waals surface area (Å²) >= 11 is 3.60. The van der Waals surface area contributed by atoms with Crippen LogP contribution in [0.25, 0.3) is 5.57 Å². The minimum atomic E-state index is 0.563. The molecule has 0 radical (unpaired) electrons. The number of rotatable bonds is 3. The molecule has 0 nitrogen and oxygen atoms in total. The van der Waals surface area contributed by atoms with Crippen LogP contribution in [0.4, 0.5) is 0 Å². The second kappa shape index (κ2) is 5.34. The molecule has 0 saturated carbocycles. The van der Waals surface area contributed by atoms with Crippen molar-refractivity contribution in [3.8, 4) is 0 Å². The van der Waals surface area contributed by atoms with E-state index in [2.05, 4.69) is 77.5 Å². The Morgan fingerprint density at radius 3 is 2.58 bits per heavy atom. The Hall–Kier alpha value is -1.34. The van der Waals surface area contributed by atoms with Gasteiger partial charge in [0.05, 0.1) is 0 Å². The molecule has 3 rings (SSSR count). The van der Waals surface area contributed by atoms with Crippen LogP contribution in [0.15, 0.2) is 59.1 Å². The summed E-state index contributed by atoms with van der Waals surface area (Å²) in [6.45, 7) is 2.26. The molecule has 2 aromatic rings. The van der Waals surface area contributed by atoms with E-state index in [4.69, 9.17) is 0 Å². The normalized spacial score (nSPS) is 17.2. The van der Waals surface area contributed by atoms with Crippen LogP contribution in [0, 0.1) is 0 Å². The third kappa shape index (κ3) is 2.40. The molecule has 0 spiro atoms. The Bertz CT molecular complexity index is 611. The summed E-state index contributed by atoms with van der Waals surface area (Å²) in [5, 5.41) is 0. The van der Waals surface area contributed by atoms with Gasteiger partial charge in [0.1, 0.15) is 0 Å². The molecule has 0 aromatic heterocycles. The molecule has 1 heteroatoms. The summed E-state index contributed by atoms with van der Waals surface area (Å²) in [5.74, 6) is 0.563. The second-order valence-electron chi connectivity index (χ2n) is 5.07. The van der Waals surface area contributed by atoms with Crippen molar-refractivity contribution in [3.63, 3.8) is 0 Å². The number of hydrogen-bond acceptors (Lipinski definition) is 0. The third-order valence-corrected chi connectivity index (χ3v) is 4.25. The number of hydrogen-bond donors (Lipinski definition) is 0. The summed E-state index contributed by atoms with van der Waals surface area (Å²) in [4.78, 5) is 0. The molecular formula is C18H17Br. The van der Waals surface area contributed by atoms with Crippen molar-refractivity contribution in [2.45, 2.75) is 25.7 Å². The van der Waals surface area contributed by atoms with Crippen LogP contribution < -0.4 is 0 Å². The number of allylic oxidation sites excluding steroid dienone is 1. The van der Waals surface area contributed by atoms with Crippen LogP contribution in [-0.4, -0.2) is 0 Å². The van der Waals surface area contributed by atoms with Gasteiger partial charge in [-0.3, -0.25) is 0 Å². The lowest BCUT2D eigenvalue weighted by Gasteiger charge is -2.10. The maximum atomic E-state index is 3.60. The van der Waals surface area contributed by atoms with Crippen molar-refractivity contribution in [2.75, 3.05) is 0 Å². The fraction of sp³-hybridized carbons (Fsp3) is 0.222. The van der Waals surface area contributed by atoms with Crippen LogP contribution in [0.5, 0.6) is 0 Å². The lowest BCUT2D eigenvalue weighted by atomic mass is 9.96. The third-order valence-electron chi connectivity index (χ3n) is 3.76. The molecule has 1 atom stereocenters. The first kappa shape index (κ1) is 12.7. The van der Waals surface area contributed by atoms with Gasteiger partial charge < -0.3 is 0 Å². The van der Waals surface area contributed by atoms with Crippen molar-refractivity contribution in [1.29, 1.82) is 0 Å². The van der Waals surface area contributed by atoms with E-state index in [9.17, 15) is 0 Å². The Labute approximate surface area is 123 Å². The lowest BCUT2D eigenvalue weighted by Crippen LogP contribution is -1.92. The van der Waals surface area contributed by atoms with Gasteiger partial charge in [-0.05, 0) is 40.8 Å². The Morgan fingerprint density at radius 1 is 1.05 bits per heavy atom. The van der Waals surface area contributed by atoms with E-state index in [1.165, 1.54) is 39.6 Å². The summed E-state index contributed by atoms with van der Waals surface area (Å²) in [5.41, 5.74) is 5.58. The molecule has 1 aliphatic rings. The average molecular weight is 313 g/mol. The summed E-state index contributed by atoms with van der Waals surface area (Å²) in [7, 11) is 0. The van der Waals surface area contributed by atoms with Crippen molar-refractivity contribution in [2.24, 2.45) is 0 Å². The molecule has 96 valence electrons. The van der Waals surface area contributed by atoms with Gasteiger partial charge in [-0.2, -0.15) is 0 Å². The van der Waals surface area contributed by atoms with Crippen LogP contribution in [0.3, 0.4) is 0 Å². The van der Waals surface area contributed by atoms with Gasteiger partial charge in [0.15, 0.2) is 0 Å². The standard InChI is InChI=1S/C18H17Br/c1-2-6-14-11-17(13-7-4-3-5-8-13)16-10-9-15(19)12-18(14)16/h3-5,7-12,14H,2,6H2,1H3. The van der Waals surface area contributed by atoms with Gasteiger partial charge in [-0.15, -0.1) is 0 Å². The highest BCUT2D eigenvalue weighted by Crippen LogP contribution is 2.42. The SMILES string of the molecule is CCCC1C=C(c2ccccc2)c2ccc(Br)cc21. The molecule has 0 N–H and O–H groups in total. The van der Waals surface area contributed by atoms with Crippen LogP contribution >= 0.6 is 15.9 Å². The fourth-order valence-electron chi connectivity index (χ4n) is 2.89. The number of halogens is 1. The molecule has 19 heavy (non-hydrogen) atoms. The minimum Gasteiger partial charge on any atom is -0.0685 e. The molecule has 0 saturated heterocycles. The first-order valence-electron chi connectivity index (χ1n) is 6.86. The highest BCUT2D eigenvalue weighted by atomic mass is 79.9. The van der Waals surface area contributed by atoms with Crippen LogP contribution in [0.1, 0.15) is 42.4 Å². The van der Waals surface area contributed by atoms with E-state index >= 15 is 0 Å². The second-order valence-corrected chi connectivity index (χ2v) is 5.99. The first-order chi connectivity index (χ1) is 9.29. The zero-order valence-electron chi connectivity index (χ0n) is 11.1. The van der Waals surface area contributed by atoms with E-state index in [1.807, 2.05) is 0 Å². The van der Waals surface area contributed by atoms with Gasteiger partial charge in [0, 0.05) is 10.4 Å². The topological polar surface area (TPSA) is 0 Å². The van der Waals surface area contributed by atoms with E-state index in [0.29, 0.717) is 5.92 Å². The number of benzene rings is 2. The predicted molar refractivity (Wildman–Crippen MR) is 85.3 cm³/mol. The van der Waals surface area contributed by atoms with Crippen LogP contribution in [0.2, 0.25) is 0 Å². The fourth-order valence-corrected chi connectivity index (χ4v) is 3.26. The Balaban J connectivity index is 2.10. The molecule has 0 aliphatic heterocycles. The van der Waals surface area contributed by atoms with Crippen molar-refractivity contribution < 1.29 is 0 Å². The van der Waals surface area contributed by atoms with Crippen molar-refractivity contribution in [3.05, 3.63) is 75.8 Å². The van der Waals surface area contributed by atoms with Crippen molar-refractivity contribution >= 4 is 21.5 Å². The van der Waals surface area contributed by atoms with E-state index in [1.54, 1.807) is 0 Å². The quantitative estimate of drug-likeness (QED) is 0.674. The van der Waals surface area contributed by atoms with E-state index < -0.39 is 0 Å². The number of fused-ring (bicyclic) bond motifs is 1. The summed E-state index contributed by atoms with van der Waals surface area (Å²) in [6.07, 6.45) is 4.88. The molecule has 0 fully saturated rings. The summed E-state index contributed by atoms with van der Waals surface area (Å²) in [6, 6.07) is 17.4. The first-order valence-corrected chi connectivity index (χ1v) is 7.66. The maximum Gasteiger partial charge on any atom is 0.0178 e. The molecule has 0 heterocycles. The Morgan fingerprint density at radius 2 is 1.84 bits per heavy atom. The lowest BCUT2D eigenvalue weighted by molar-refractivity contribution is 0.725. The largest absolute Gasteiger partial charge is 0.0685 e. The highest BCUT2D eigenvalue weighted by Gasteiger charge is 2.23. The zero-order chi connectivity index (χ0) is 13.2. The maximum absolute atomic E-state index is 3.60. The predicted octanol–water partition coefficient (Wildman–Crippen LogP) is 5.78. The molecule has 0 amide bonds. The Kier molecular flexibility index (Phi) is 3.56. The van der Waals surface area contributed by atoms with Gasteiger partial charge in [0.25, 0.3) is 0 Å². The molecular weight excluding hydrogens is 296 g/mol. The minimum absolute atomic E-state index is 0.563. The molecule has 1 unspecified atom stereocenters. The van der Waals surface area contributed by atoms with E-state index in [0.717, 1.165) is 0 Å². The van der Waals surface area contributed by atoms with Crippen molar-refractivity contribution in [1.82, 2.24) is 0 Å². The average Bonchev–Trinajstić information content (AvgIpc) is 2.79. The van der Waals surface area contributed by atoms with Gasteiger partial charge in [-0.1, -0.05) is 71.7 Å². The van der Waals surface area contributed by atoms with Gasteiger partial charge in [-0.25, -0.2) is 0 Å². The van der Waals surface area contributed by atoms with Gasteiger partial charge >= 0.3 is 0 Å². The zero-order valence-corrected chi connectivity index (χ0v) is 12.7. The van der Waals surface area contributed by atoms with Crippen LogP contribution in [-0.2, 0) is 0 Å². The molecule has 1 aliphatic carbocycles. The molecule has 0 bridgehead atoms. The highest BCUT2D eigenvalue weighted by molar-refractivity contribution is 9.10. The molecule has 2 aromatic carbocycles. The van der Waals surface area contributed by atoms with E-state index in [-0.39, 0.29) is 0 Å².